The van der Waals surface area contributed by atoms with Gasteiger partial charge in [-0.2, -0.15) is 0 Å². The number of rotatable bonds is 4. The monoisotopic (exact) mass is 260 g/mol. The number of hydrogen-bond acceptors (Lipinski definition) is 2. The smallest absolute Gasteiger partial charge is 0.224 e. The Bertz CT molecular complexity index is 423. The lowest BCUT2D eigenvalue weighted by Gasteiger charge is -2.22. The van der Waals surface area contributed by atoms with Crippen molar-refractivity contribution in [3.8, 4) is 0 Å². The van der Waals surface area contributed by atoms with E-state index >= 15 is 0 Å². The van der Waals surface area contributed by atoms with Crippen molar-refractivity contribution in [1.82, 2.24) is 0 Å². The van der Waals surface area contributed by atoms with Crippen LogP contribution in [0.5, 0.6) is 0 Å². The third kappa shape index (κ3) is 3.98. The molecule has 104 valence electrons. The van der Waals surface area contributed by atoms with Gasteiger partial charge >= 0.3 is 0 Å². The molecule has 1 aliphatic carbocycles. The van der Waals surface area contributed by atoms with Crippen molar-refractivity contribution in [2.75, 3.05) is 24.3 Å². The van der Waals surface area contributed by atoms with Gasteiger partial charge in [0.05, 0.1) is 11.4 Å². The van der Waals surface area contributed by atoms with Crippen LogP contribution in [0, 0.1) is 5.92 Å². The molecule has 0 aromatic heterocycles. The first-order valence-electron chi connectivity index (χ1n) is 7.23. The summed E-state index contributed by atoms with van der Waals surface area (Å²) >= 11 is 0. The molecule has 0 heterocycles. The maximum atomic E-state index is 12.1. The molecule has 1 N–H and O–H groups in total. The van der Waals surface area contributed by atoms with Crippen LogP contribution >= 0.6 is 0 Å². The van der Waals surface area contributed by atoms with E-state index in [-0.39, 0.29) is 5.91 Å². The topological polar surface area (TPSA) is 32.3 Å². The van der Waals surface area contributed by atoms with E-state index in [1.54, 1.807) is 0 Å². The Kier molecular flexibility index (Phi) is 4.83. The molecule has 0 radical (unpaired) electrons. The van der Waals surface area contributed by atoms with Gasteiger partial charge < -0.3 is 10.2 Å². The summed E-state index contributed by atoms with van der Waals surface area (Å²) in [5.74, 6) is 0.737. The lowest BCUT2D eigenvalue weighted by Crippen LogP contribution is -2.20. The Hall–Kier alpha value is -1.51. The third-order valence-electron chi connectivity index (χ3n) is 3.86. The molecule has 0 atom stereocenters. The fourth-order valence-electron chi connectivity index (χ4n) is 2.82. The number of nitrogens with one attached hydrogen (secondary N) is 1. The van der Waals surface area contributed by atoms with Crippen LogP contribution in [-0.4, -0.2) is 20.0 Å². The molecule has 1 aromatic rings. The number of nitrogens with zero attached hydrogens (tertiary/aromatic N) is 1. The van der Waals surface area contributed by atoms with Gasteiger partial charge in [-0.1, -0.05) is 31.4 Å². The highest BCUT2D eigenvalue weighted by Crippen LogP contribution is 2.28. The van der Waals surface area contributed by atoms with Crippen LogP contribution in [0.15, 0.2) is 24.3 Å². The first-order chi connectivity index (χ1) is 9.16. The Morgan fingerprint density at radius 2 is 1.89 bits per heavy atom. The Morgan fingerprint density at radius 1 is 1.21 bits per heavy atom. The Labute approximate surface area is 116 Å². The molecule has 3 heteroatoms. The average Bonchev–Trinajstić information content (AvgIpc) is 2.40. The van der Waals surface area contributed by atoms with E-state index in [9.17, 15) is 4.79 Å². The van der Waals surface area contributed by atoms with Crippen molar-refractivity contribution in [3.05, 3.63) is 24.3 Å². The van der Waals surface area contributed by atoms with Crippen molar-refractivity contribution in [1.29, 1.82) is 0 Å². The summed E-state index contributed by atoms with van der Waals surface area (Å²) in [5.41, 5.74) is 1.97. The molecule has 1 aliphatic rings. The second-order valence-corrected chi connectivity index (χ2v) is 5.67. The zero-order valence-corrected chi connectivity index (χ0v) is 12.0. The molecule has 0 aliphatic heterocycles. The quantitative estimate of drug-likeness (QED) is 0.896. The molecular formula is C16H24N2O. The molecule has 1 aromatic carbocycles. The van der Waals surface area contributed by atoms with Crippen LogP contribution in [0.1, 0.15) is 38.5 Å². The highest BCUT2D eigenvalue weighted by Gasteiger charge is 2.17. The molecule has 1 fully saturated rings. The van der Waals surface area contributed by atoms with Crippen molar-refractivity contribution < 1.29 is 4.79 Å². The predicted molar refractivity (Wildman–Crippen MR) is 80.6 cm³/mol. The van der Waals surface area contributed by atoms with Crippen LogP contribution in [-0.2, 0) is 4.79 Å². The number of carbonyl (C=O) groups is 1. The first kappa shape index (κ1) is 13.9. The average molecular weight is 260 g/mol. The van der Waals surface area contributed by atoms with Crippen LogP contribution in [0.2, 0.25) is 0 Å². The maximum Gasteiger partial charge on any atom is 0.224 e. The number of anilines is 2. The normalized spacial score (nSPS) is 16.1. The van der Waals surface area contributed by atoms with Crippen LogP contribution in [0.4, 0.5) is 11.4 Å². The number of hydrogen-bond donors (Lipinski definition) is 1. The lowest BCUT2D eigenvalue weighted by molar-refractivity contribution is -0.117. The molecule has 0 spiro atoms. The molecule has 0 saturated heterocycles. The van der Waals surface area contributed by atoms with Gasteiger partial charge in [0.25, 0.3) is 0 Å². The van der Waals surface area contributed by atoms with E-state index in [4.69, 9.17) is 0 Å². The minimum atomic E-state index is 0.154. The van der Waals surface area contributed by atoms with Crippen molar-refractivity contribution in [2.45, 2.75) is 38.5 Å². The Morgan fingerprint density at radius 3 is 2.58 bits per heavy atom. The maximum absolute atomic E-state index is 12.1. The van der Waals surface area contributed by atoms with E-state index in [1.807, 2.05) is 43.3 Å². The fourth-order valence-corrected chi connectivity index (χ4v) is 2.82. The summed E-state index contributed by atoms with van der Waals surface area (Å²) in [5, 5.41) is 3.06. The molecule has 1 saturated carbocycles. The zero-order chi connectivity index (χ0) is 13.7. The van der Waals surface area contributed by atoms with Gasteiger partial charge in [-0.3, -0.25) is 4.79 Å². The summed E-state index contributed by atoms with van der Waals surface area (Å²) in [6, 6.07) is 7.94. The molecular weight excluding hydrogens is 236 g/mol. The Balaban J connectivity index is 1.94. The van der Waals surface area contributed by atoms with Gasteiger partial charge in [0.2, 0.25) is 5.91 Å². The highest BCUT2D eigenvalue weighted by molar-refractivity contribution is 5.94. The van der Waals surface area contributed by atoms with Gasteiger partial charge in [0, 0.05) is 20.5 Å². The number of amides is 1. The molecule has 1 amide bonds. The number of benzene rings is 1. The van der Waals surface area contributed by atoms with E-state index in [0.717, 1.165) is 11.4 Å². The van der Waals surface area contributed by atoms with Gasteiger partial charge in [-0.15, -0.1) is 0 Å². The summed E-state index contributed by atoms with van der Waals surface area (Å²) in [4.78, 5) is 14.1. The van der Waals surface area contributed by atoms with Crippen LogP contribution < -0.4 is 10.2 Å². The van der Waals surface area contributed by atoms with Gasteiger partial charge in [0.1, 0.15) is 0 Å². The predicted octanol–water partition coefficient (Wildman–Crippen LogP) is 3.66. The largest absolute Gasteiger partial charge is 0.376 e. The summed E-state index contributed by atoms with van der Waals surface area (Å²) in [6.07, 6.45) is 6.99. The summed E-state index contributed by atoms with van der Waals surface area (Å²) in [7, 11) is 3.98. The SMILES string of the molecule is CN(C)c1ccccc1NC(=O)CC1CCCCC1. The van der Waals surface area contributed by atoms with E-state index in [1.165, 1.54) is 32.1 Å². The van der Waals surface area contributed by atoms with E-state index < -0.39 is 0 Å². The number of para-hydroxylation sites is 2. The summed E-state index contributed by atoms with van der Waals surface area (Å²) < 4.78 is 0. The lowest BCUT2D eigenvalue weighted by atomic mass is 9.87. The second kappa shape index (κ2) is 6.60. The van der Waals surface area contributed by atoms with E-state index in [2.05, 4.69) is 5.32 Å². The highest BCUT2D eigenvalue weighted by atomic mass is 16.1. The zero-order valence-electron chi connectivity index (χ0n) is 12.0. The van der Waals surface area contributed by atoms with Crippen LogP contribution in [0.25, 0.3) is 0 Å². The first-order valence-corrected chi connectivity index (χ1v) is 7.23. The molecule has 3 nitrogen and oxygen atoms in total. The molecule has 19 heavy (non-hydrogen) atoms. The van der Waals surface area contributed by atoms with Gasteiger partial charge in [-0.05, 0) is 30.9 Å². The standard InChI is InChI=1S/C16H24N2O/c1-18(2)15-11-7-6-10-14(15)17-16(19)12-13-8-4-3-5-9-13/h6-7,10-11,13H,3-5,8-9,12H2,1-2H3,(H,17,19). The van der Waals surface area contributed by atoms with Gasteiger partial charge in [0.15, 0.2) is 0 Å². The minimum Gasteiger partial charge on any atom is -0.376 e. The second-order valence-electron chi connectivity index (χ2n) is 5.67. The molecule has 2 rings (SSSR count). The van der Waals surface area contributed by atoms with E-state index in [0.29, 0.717) is 12.3 Å². The minimum absolute atomic E-state index is 0.154. The molecule has 0 unspecified atom stereocenters. The third-order valence-corrected chi connectivity index (χ3v) is 3.86. The number of carbonyl (C=O) groups excluding carboxylic acids is 1. The van der Waals surface area contributed by atoms with Crippen LogP contribution in [0.3, 0.4) is 0 Å². The van der Waals surface area contributed by atoms with Gasteiger partial charge in [-0.25, -0.2) is 0 Å². The van der Waals surface area contributed by atoms with Crippen molar-refractivity contribution >= 4 is 17.3 Å². The fraction of sp³-hybridized carbons (Fsp3) is 0.562. The summed E-state index contributed by atoms with van der Waals surface area (Å²) in [6.45, 7) is 0. The molecule has 0 bridgehead atoms. The van der Waals surface area contributed by atoms with Crippen molar-refractivity contribution in [2.24, 2.45) is 5.92 Å². The van der Waals surface area contributed by atoms with Crippen molar-refractivity contribution in [3.63, 3.8) is 0 Å².